The molecule has 1 heterocycles. The van der Waals surface area contributed by atoms with Crippen molar-refractivity contribution in [1.82, 2.24) is 9.80 Å². The Morgan fingerprint density at radius 3 is 2.48 bits per heavy atom. The zero-order valence-electron chi connectivity index (χ0n) is 13.5. The maximum absolute atomic E-state index is 10.2. The first-order valence-electron chi connectivity index (χ1n) is 7.91. The lowest BCUT2D eigenvalue weighted by molar-refractivity contribution is 0.0469. The van der Waals surface area contributed by atoms with E-state index in [4.69, 9.17) is 4.74 Å². The fraction of sp³-hybridized carbons (Fsp3) is 0.647. The summed E-state index contributed by atoms with van der Waals surface area (Å²) in [6, 6.07) is 6.16. The molecule has 118 valence electrons. The van der Waals surface area contributed by atoms with Crippen molar-refractivity contribution in [2.45, 2.75) is 26.9 Å². The number of likely N-dealkylation sites (N-methyl/N-ethyl adjacent to an activating group) is 1. The molecule has 21 heavy (non-hydrogen) atoms. The monoisotopic (exact) mass is 292 g/mol. The van der Waals surface area contributed by atoms with Gasteiger partial charge in [-0.15, -0.1) is 0 Å². The molecule has 1 atom stereocenters. The summed E-state index contributed by atoms with van der Waals surface area (Å²) in [7, 11) is 0. The average molecular weight is 292 g/mol. The van der Waals surface area contributed by atoms with Crippen molar-refractivity contribution in [2.75, 3.05) is 45.9 Å². The topological polar surface area (TPSA) is 35.9 Å². The summed E-state index contributed by atoms with van der Waals surface area (Å²) < 4.78 is 5.78. The first-order chi connectivity index (χ1) is 10.1. The molecule has 0 aliphatic carbocycles. The lowest BCUT2D eigenvalue weighted by Crippen LogP contribution is -2.49. The molecule has 0 aromatic heterocycles. The number of aliphatic hydroxyl groups is 1. The van der Waals surface area contributed by atoms with Crippen molar-refractivity contribution < 1.29 is 9.84 Å². The number of aliphatic hydroxyl groups excluding tert-OH is 1. The Kier molecular flexibility index (Phi) is 6.03. The standard InChI is InChI=1S/C17H28N2O2/c1-4-18-7-9-19(10-8-18)12-16(20)13-21-17-11-14(2)5-6-15(17)3/h5-6,11,16,20H,4,7-10,12-13H2,1-3H3/t16-/m0/s1. The minimum Gasteiger partial charge on any atom is -0.491 e. The molecule has 4 nitrogen and oxygen atoms in total. The van der Waals surface area contributed by atoms with Crippen LogP contribution >= 0.6 is 0 Å². The Morgan fingerprint density at radius 2 is 1.81 bits per heavy atom. The van der Waals surface area contributed by atoms with Gasteiger partial charge in [0.1, 0.15) is 18.5 Å². The third-order valence-electron chi connectivity index (χ3n) is 4.16. The van der Waals surface area contributed by atoms with Gasteiger partial charge >= 0.3 is 0 Å². The van der Waals surface area contributed by atoms with Crippen LogP contribution in [0.3, 0.4) is 0 Å². The first-order valence-corrected chi connectivity index (χ1v) is 7.91. The van der Waals surface area contributed by atoms with Gasteiger partial charge in [-0.1, -0.05) is 19.1 Å². The van der Waals surface area contributed by atoms with Crippen molar-refractivity contribution in [3.8, 4) is 5.75 Å². The van der Waals surface area contributed by atoms with Crippen LogP contribution in [0.2, 0.25) is 0 Å². The van der Waals surface area contributed by atoms with Crippen molar-refractivity contribution in [3.05, 3.63) is 29.3 Å². The zero-order chi connectivity index (χ0) is 15.2. The minimum absolute atomic E-state index is 0.359. The van der Waals surface area contributed by atoms with E-state index in [9.17, 15) is 5.11 Å². The fourth-order valence-corrected chi connectivity index (χ4v) is 2.69. The third-order valence-corrected chi connectivity index (χ3v) is 4.16. The lowest BCUT2D eigenvalue weighted by Gasteiger charge is -2.34. The van der Waals surface area contributed by atoms with Crippen molar-refractivity contribution in [3.63, 3.8) is 0 Å². The first kappa shape index (κ1) is 16.3. The molecule has 0 bridgehead atoms. The number of ether oxygens (including phenoxy) is 1. The highest BCUT2D eigenvalue weighted by Gasteiger charge is 2.18. The van der Waals surface area contributed by atoms with Gasteiger partial charge in [0.25, 0.3) is 0 Å². The van der Waals surface area contributed by atoms with Gasteiger partial charge in [-0.2, -0.15) is 0 Å². The molecule has 1 aromatic carbocycles. The second kappa shape index (κ2) is 7.78. The van der Waals surface area contributed by atoms with Gasteiger partial charge in [0.15, 0.2) is 0 Å². The molecule has 0 spiro atoms. The summed E-state index contributed by atoms with van der Waals surface area (Å²) in [6.07, 6.45) is -0.432. The molecule has 1 aliphatic heterocycles. The molecule has 0 radical (unpaired) electrons. The van der Waals surface area contributed by atoms with Gasteiger partial charge in [0.2, 0.25) is 0 Å². The highest BCUT2D eigenvalue weighted by atomic mass is 16.5. The Balaban J connectivity index is 1.75. The molecule has 1 saturated heterocycles. The van der Waals surface area contributed by atoms with Gasteiger partial charge in [0.05, 0.1) is 0 Å². The SMILES string of the molecule is CCN1CCN(C[C@H](O)COc2cc(C)ccc2C)CC1. The fourth-order valence-electron chi connectivity index (χ4n) is 2.69. The number of nitrogens with zero attached hydrogens (tertiary/aromatic N) is 2. The number of hydrogen-bond donors (Lipinski definition) is 1. The molecule has 0 unspecified atom stereocenters. The van der Waals surface area contributed by atoms with Crippen LogP contribution in [0, 0.1) is 13.8 Å². The van der Waals surface area contributed by atoms with E-state index >= 15 is 0 Å². The summed E-state index contributed by atoms with van der Waals surface area (Å²) >= 11 is 0. The molecule has 1 aliphatic rings. The van der Waals surface area contributed by atoms with E-state index in [1.54, 1.807) is 0 Å². The maximum atomic E-state index is 10.2. The molecule has 1 fully saturated rings. The third kappa shape index (κ3) is 4.99. The van der Waals surface area contributed by atoms with Crippen LogP contribution < -0.4 is 4.74 Å². The Morgan fingerprint density at radius 1 is 1.14 bits per heavy atom. The number of aryl methyl sites for hydroxylation is 2. The molecule has 1 aromatic rings. The number of benzene rings is 1. The number of piperazine rings is 1. The van der Waals surface area contributed by atoms with Crippen LogP contribution in [-0.4, -0.2) is 66.9 Å². The van der Waals surface area contributed by atoms with Gasteiger partial charge in [0, 0.05) is 32.7 Å². The van der Waals surface area contributed by atoms with E-state index in [0.29, 0.717) is 13.2 Å². The quantitative estimate of drug-likeness (QED) is 0.865. The number of rotatable bonds is 6. The van der Waals surface area contributed by atoms with Crippen LogP contribution in [-0.2, 0) is 0 Å². The summed E-state index contributed by atoms with van der Waals surface area (Å²) in [5.74, 6) is 0.879. The van der Waals surface area contributed by atoms with Crippen LogP contribution in [0.15, 0.2) is 18.2 Å². The van der Waals surface area contributed by atoms with Crippen LogP contribution in [0.1, 0.15) is 18.1 Å². The number of β-amino-alcohol motifs (C(OH)–C–C–N with tert-alkyl or cyclic N) is 1. The van der Waals surface area contributed by atoms with Gasteiger partial charge in [-0.25, -0.2) is 0 Å². The lowest BCUT2D eigenvalue weighted by atomic mass is 10.1. The van der Waals surface area contributed by atoms with E-state index in [1.165, 1.54) is 5.56 Å². The zero-order valence-corrected chi connectivity index (χ0v) is 13.5. The predicted molar refractivity (Wildman–Crippen MR) is 86.0 cm³/mol. The Bertz CT molecular complexity index is 442. The predicted octanol–water partition coefficient (Wildman–Crippen LogP) is 1.68. The average Bonchev–Trinajstić information content (AvgIpc) is 2.49. The van der Waals surface area contributed by atoms with Gasteiger partial charge < -0.3 is 14.7 Å². The van der Waals surface area contributed by atoms with Crippen LogP contribution in [0.25, 0.3) is 0 Å². The molecular formula is C17H28N2O2. The Labute approximate surface area is 128 Å². The van der Waals surface area contributed by atoms with Crippen LogP contribution in [0.5, 0.6) is 5.75 Å². The summed E-state index contributed by atoms with van der Waals surface area (Å²) in [4.78, 5) is 4.76. The highest BCUT2D eigenvalue weighted by molar-refractivity contribution is 5.35. The molecule has 1 N–H and O–H groups in total. The molecule has 0 amide bonds. The highest BCUT2D eigenvalue weighted by Crippen LogP contribution is 2.19. The van der Waals surface area contributed by atoms with Crippen LogP contribution in [0.4, 0.5) is 0 Å². The van der Waals surface area contributed by atoms with Crippen molar-refractivity contribution in [2.24, 2.45) is 0 Å². The second-order valence-electron chi connectivity index (χ2n) is 5.97. The van der Waals surface area contributed by atoms with E-state index in [2.05, 4.69) is 35.8 Å². The largest absolute Gasteiger partial charge is 0.491 e. The van der Waals surface area contributed by atoms with E-state index < -0.39 is 6.10 Å². The summed E-state index contributed by atoms with van der Waals surface area (Å²) in [5, 5.41) is 10.2. The Hall–Kier alpha value is -1.10. The molecule has 2 rings (SSSR count). The molecule has 0 saturated carbocycles. The van der Waals surface area contributed by atoms with E-state index in [1.807, 2.05) is 13.0 Å². The van der Waals surface area contributed by atoms with E-state index in [0.717, 1.165) is 44.0 Å². The summed E-state index contributed by atoms with van der Waals surface area (Å²) in [5.41, 5.74) is 2.30. The number of hydrogen-bond acceptors (Lipinski definition) is 4. The minimum atomic E-state index is -0.432. The summed E-state index contributed by atoms with van der Waals surface area (Å²) in [6.45, 7) is 12.7. The van der Waals surface area contributed by atoms with Gasteiger partial charge in [-0.05, 0) is 37.6 Å². The molecule has 4 heteroatoms. The molecular weight excluding hydrogens is 264 g/mol. The normalized spacial score (nSPS) is 18.7. The van der Waals surface area contributed by atoms with Crippen molar-refractivity contribution in [1.29, 1.82) is 0 Å². The van der Waals surface area contributed by atoms with Gasteiger partial charge in [-0.3, -0.25) is 4.90 Å². The second-order valence-corrected chi connectivity index (χ2v) is 5.97. The van der Waals surface area contributed by atoms with Crippen molar-refractivity contribution >= 4 is 0 Å². The maximum Gasteiger partial charge on any atom is 0.122 e. The smallest absolute Gasteiger partial charge is 0.122 e. The van der Waals surface area contributed by atoms with E-state index in [-0.39, 0.29) is 0 Å².